The fourth-order valence-corrected chi connectivity index (χ4v) is 6.22. The largest absolute Gasteiger partial charge is 0.497 e. The van der Waals surface area contributed by atoms with E-state index in [4.69, 9.17) is 24.0 Å². The highest BCUT2D eigenvalue weighted by Crippen LogP contribution is 2.47. The zero-order valence-corrected chi connectivity index (χ0v) is 25.1. The third-order valence-corrected chi connectivity index (χ3v) is 8.60. The number of hydrogen-bond donors (Lipinski definition) is 0. The van der Waals surface area contributed by atoms with Crippen LogP contribution in [-0.2, 0) is 0 Å². The molecular formula is C34H32N2O7S. The molecule has 5 aromatic rings. The Kier molecular flexibility index (Phi) is 9.09. The van der Waals surface area contributed by atoms with Crippen molar-refractivity contribution in [3.63, 3.8) is 0 Å². The Hall–Kier alpha value is -4.80. The van der Waals surface area contributed by atoms with E-state index < -0.39 is 4.92 Å². The number of non-ortho nitro benzene ring substituents is 1. The number of nitrogens with zero attached hydrogens (tertiary/aromatic N) is 2. The summed E-state index contributed by atoms with van der Waals surface area (Å²) in [6, 6.07) is 26.9. The second-order valence-electron chi connectivity index (χ2n) is 10.4. The highest BCUT2D eigenvalue weighted by molar-refractivity contribution is 7.22. The molecule has 226 valence electrons. The number of benzene rings is 4. The summed E-state index contributed by atoms with van der Waals surface area (Å²) in [5.41, 5.74) is 0.968. The van der Waals surface area contributed by atoms with Gasteiger partial charge >= 0.3 is 0 Å². The summed E-state index contributed by atoms with van der Waals surface area (Å²) in [7, 11) is 1.64. The molecule has 1 aliphatic heterocycles. The van der Waals surface area contributed by atoms with Crippen molar-refractivity contribution in [2.75, 3.05) is 33.4 Å². The first kappa shape index (κ1) is 29.3. The number of fused-ring (bicyclic) bond motifs is 1. The number of piperidine rings is 1. The molecule has 0 N–H and O–H groups in total. The van der Waals surface area contributed by atoms with E-state index in [0.717, 1.165) is 57.4 Å². The van der Waals surface area contributed by atoms with Crippen LogP contribution in [0, 0.1) is 10.1 Å². The number of hydrogen-bond acceptors (Lipinski definition) is 9. The van der Waals surface area contributed by atoms with Crippen molar-refractivity contribution in [2.24, 2.45) is 0 Å². The Balaban J connectivity index is 1.20. The van der Waals surface area contributed by atoms with Gasteiger partial charge in [0.15, 0.2) is 17.2 Å². The number of nitro benzene ring substituents is 1. The monoisotopic (exact) mass is 612 g/mol. The van der Waals surface area contributed by atoms with Gasteiger partial charge in [-0.3, -0.25) is 24.8 Å². The van der Waals surface area contributed by atoms with E-state index in [-0.39, 0.29) is 5.69 Å². The average molecular weight is 613 g/mol. The van der Waals surface area contributed by atoms with Gasteiger partial charge in [-0.05, 0) is 104 Å². The Morgan fingerprint density at radius 3 is 2.11 bits per heavy atom. The summed E-state index contributed by atoms with van der Waals surface area (Å²) in [4.78, 5) is 24.8. The maximum atomic E-state index is 10.9. The SMILES string of the molecule is COc1ccc(-c2sc3cc(OOc4ccc([N+](=O)[O-])cc4)ccc3c2Oc2ccc(OCCN3CCCCC3)cc2)cc1. The van der Waals surface area contributed by atoms with Gasteiger partial charge in [0.2, 0.25) is 0 Å². The summed E-state index contributed by atoms with van der Waals surface area (Å²) >= 11 is 1.57. The number of ether oxygens (including phenoxy) is 3. The van der Waals surface area contributed by atoms with Crippen molar-refractivity contribution >= 4 is 27.1 Å². The first-order valence-electron chi connectivity index (χ1n) is 14.5. The van der Waals surface area contributed by atoms with Gasteiger partial charge in [0, 0.05) is 34.8 Å². The molecule has 0 spiro atoms. The maximum Gasteiger partial charge on any atom is 0.269 e. The van der Waals surface area contributed by atoms with Crippen molar-refractivity contribution < 1.29 is 28.9 Å². The predicted molar refractivity (Wildman–Crippen MR) is 170 cm³/mol. The molecule has 0 atom stereocenters. The molecule has 0 bridgehead atoms. The molecule has 0 saturated carbocycles. The Morgan fingerprint density at radius 2 is 1.41 bits per heavy atom. The number of thiophene rings is 1. The molecule has 0 unspecified atom stereocenters. The molecule has 6 rings (SSSR count). The van der Waals surface area contributed by atoms with Crippen LogP contribution in [0.2, 0.25) is 0 Å². The summed E-state index contributed by atoms with van der Waals surface area (Å²) in [6.07, 6.45) is 3.87. The first-order valence-corrected chi connectivity index (χ1v) is 15.3. The lowest BCUT2D eigenvalue weighted by Crippen LogP contribution is -2.33. The van der Waals surface area contributed by atoms with Gasteiger partial charge in [-0.15, -0.1) is 11.3 Å². The van der Waals surface area contributed by atoms with Crippen LogP contribution in [0.1, 0.15) is 19.3 Å². The molecule has 9 nitrogen and oxygen atoms in total. The quantitative estimate of drug-likeness (QED) is 0.0787. The molecule has 2 heterocycles. The van der Waals surface area contributed by atoms with Crippen molar-refractivity contribution in [1.82, 2.24) is 4.90 Å². The topological polar surface area (TPSA) is 92.5 Å². The highest BCUT2D eigenvalue weighted by Gasteiger charge is 2.18. The van der Waals surface area contributed by atoms with Crippen molar-refractivity contribution in [3.05, 3.63) is 101 Å². The Morgan fingerprint density at radius 1 is 0.773 bits per heavy atom. The van der Waals surface area contributed by atoms with E-state index in [2.05, 4.69) is 4.90 Å². The van der Waals surface area contributed by atoms with Crippen LogP contribution < -0.4 is 24.0 Å². The van der Waals surface area contributed by atoms with Crippen LogP contribution >= 0.6 is 11.3 Å². The lowest BCUT2D eigenvalue weighted by atomic mass is 10.1. The van der Waals surface area contributed by atoms with Crippen molar-refractivity contribution in [3.8, 4) is 44.9 Å². The summed E-state index contributed by atoms with van der Waals surface area (Å²) < 4.78 is 18.8. The molecule has 10 heteroatoms. The minimum Gasteiger partial charge on any atom is -0.497 e. The number of rotatable bonds is 12. The summed E-state index contributed by atoms with van der Waals surface area (Å²) in [5.74, 6) is 3.85. The van der Waals surface area contributed by atoms with Gasteiger partial charge in [-0.1, -0.05) is 6.42 Å². The molecule has 0 aliphatic carbocycles. The van der Waals surface area contributed by atoms with Gasteiger partial charge in [-0.25, -0.2) is 0 Å². The second-order valence-corrected chi connectivity index (χ2v) is 11.4. The van der Waals surface area contributed by atoms with Crippen LogP contribution in [-0.4, -0.2) is 43.2 Å². The Labute approximate surface area is 259 Å². The molecular weight excluding hydrogens is 580 g/mol. The fraction of sp³-hybridized carbons (Fsp3) is 0.235. The molecule has 4 aromatic carbocycles. The van der Waals surface area contributed by atoms with Crippen LogP contribution in [0.4, 0.5) is 5.69 Å². The van der Waals surface area contributed by atoms with Gasteiger partial charge < -0.3 is 14.2 Å². The predicted octanol–water partition coefficient (Wildman–Crippen LogP) is 8.51. The van der Waals surface area contributed by atoms with Gasteiger partial charge in [-0.2, -0.15) is 0 Å². The van der Waals surface area contributed by atoms with E-state index in [1.807, 2.05) is 60.7 Å². The number of methoxy groups -OCH3 is 1. The summed E-state index contributed by atoms with van der Waals surface area (Å²) in [6.45, 7) is 3.91. The van der Waals surface area contributed by atoms with E-state index in [9.17, 15) is 10.1 Å². The third-order valence-electron chi connectivity index (χ3n) is 7.42. The first-order chi connectivity index (χ1) is 21.6. The zero-order valence-electron chi connectivity index (χ0n) is 24.3. The van der Waals surface area contributed by atoms with E-state index in [1.54, 1.807) is 24.5 Å². The minimum absolute atomic E-state index is 0.0222. The molecule has 1 aliphatic rings. The molecule has 44 heavy (non-hydrogen) atoms. The second kappa shape index (κ2) is 13.7. The van der Waals surface area contributed by atoms with Crippen LogP contribution in [0.5, 0.6) is 34.5 Å². The highest BCUT2D eigenvalue weighted by atomic mass is 32.1. The van der Waals surface area contributed by atoms with Crippen LogP contribution in [0.3, 0.4) is 0 Å². The number of nitro groups is 1. The normalized spacial score (nSPS) is 13.4. The molecule has 0 amide bonds. The molecule has 1 fully saturated rings. The van der Waals surface area contributed by atoms with Crippen LogP contribution in [0.25, 0.3) is 20.5 Å². The van der Waals surface area contributed by atoms with Gasteiger partial charge in [0.25, 0.3) is 5.69 Å². The van der Waals surface area contributed by atoms with E-state index >= 15 is 0 Å². The molecule has 1 saturated heterocycles. The number of likely N-dealkylation sites (tertiary alicyclic amines) is 1. The Bertz CT molecular complexity index is 1700. The van der Waals surface area contributed by atoms with Crippen LogP contribution in [0.15, 0.2) is 91.0 Å². The zero-order chi connectivity index (χ0) is 30.3. The van der Waals surface area contributed by atoms with E-state index in [0.29, 0.717) is 23.9 Å². The van der Waals surface area contributed by atoms with Gasteiger partial charge in [0.05, 0.1) is 16.9 Å². The fourth-order valence-electron chi connectivity index (χ4n) is 5.06. The van der Waals surface area contributed by atoms with E-state index in [1.165, 1.54) is 43.5 Å². The van der Waals surface area contributed by atoms with Crippen molar-refractivity contribution in [2.45, 2.75) is 19.3 Å². The minimum atomic E-state index is -0.463. The third kappa shape index (κ3) is 7.04. The smallest absolute Gasteiger partial charge is 0.269 e. The lowest BCUT2D eigenvalue weighted by molar-refractivity contribution is -0.384. The molecule has 1 aromatic heterocycles. The average Bonchev–Trinajstić information content (AvgIpc) is 3.42. The lowest BCUT2D eigenvalue weighted by Gasteiger charge is -2.26. The summed E-state index contributed by atoms with van der Waals surface area (Å²) in [5, 5.41) is 11.8. The maximum absolute atomic E-state index is 10.9. The van der Waals surface area contributed by atoms with Gasteiger partial charge in [0.1, 0.15) is 23.9 Å². The molecule has 0 radical (unpaired) electrons. The standard InChI is InChI=1S/C34H32N2O7S/c1-39-26-9-5-24(6-10-26)34-33(41-28-15-13-27(14-16-28)40-22-21-35-19-3-2-4-20-35)31-18-17-30(23-32(31)44-34)43-42-29-11-7-25(8-12-29)36(37)38/h5-18,23H,2-4,19-22H2,1H3. The van der Waals surface area contributed by atoms with Crippen molar-refractivity contribution in [1.29, 1.82) is 0 Å².